The topological polar surface area (TPSA) is 43.8 Å². The van der Waals surface area contributed by atoms with Gasteiger partial charge in [-0.15, -0.1) is 11.3 Å². The van der Waals surface area contributed by atoms with Crippen molar-refractivity contribution in [3.8, 4) is 0 Å². The summed E-state index contributed by atoms with van der Waals surface area (Å²) in [6, 6.07) is 0. The monoisotopic (exact) mass is 381 g/mol. The molecule has 0 radical (unpaired) electrons. The van der Waals surface area contributed by atoms with Gasteiger partial charge in [0.05, 0.1) is 0 Å². The van der Waals surface area contributed by atoms with Gasteiger partial charge in [-0.3, -0.25) is 4.99 Å². The molecule has 1 N–H and O–H groups in total. The molecule has 1 unspecified atom stereocenters. The van der Waals surface area contributed by atoms with Gasteiger partial charge in [-0.25, -0.2) is 4.98 Å². The third kappa shape index (κ3) is 6.15. The Morgan fingerprint density at radius 2 is 2.24 bits per heavy atom. The molecule has 0 amide bonds. The maximum atomic E-state index is 4.50. The summed E-state index contributed by atoms with van der Waals surface area (Å²) < 4.78 is 1.17. The summed E-state index contributed by atoms with van der Waals surface area (Å²) in [6.07, 6.45) is 8.51. The van der Waals surface area contributed by atoms with Crippen molar-refractivity contribution in [3.05, 3.63) is 11.6 Å². The lowest BCUT2D eigenvalue weighted by Crippen LogP contribution is -2.41. The van der Waals surface area contributed by atoms with Crippen LogP contribution in [0.1, 0.15) is 32.1 Å². The van der Waals surface area contributed by atoms with E-state index in [2.05, 4.69) is 25.1 Å². The van der Waals surface area contributed by atoms with Crippen molar-refractivity contribution in [3.63, 3.8) is 0 Å². The van der Waals surface area contributed by atoms with Crippen molar-refractivity contribution in [1.29, 1.82) is 0 Å². The minimum atomic E-state index is 0.803. The maximum Gasteiger partial charge on any atom is 0.193 e. The number of aromatic nitrogens is 1. The van der Waals surface area contributed by atoms with Crippen LogP contribution in [0.2, 0.25) is 0 Å². The first-order valence-electron chi connectivity index (χ1n) is 9.55. The van der Waals surface area contributed by atoms with E-state index < -0.39 is 0 Å². The predicted molar refractivity (Wildman–Crippen MR) is 109 cm³/mol. The first kappa shape index (κ1) is 19.0. The minimum absolute atomic E-state index is 0.803. The lowest BCUT2D eigenvalue weighted by molar-refractivity contribution is 0.198. The zero-order valence-corrected chi connectivity index (χ0v) is 17.0. The summed E-state index contributed by atoms with van der Waals surface area (Å²) in [5.41, 5.74) is 0. The Morgan fingerprint density at radius 1 is 1.36 bits per heavy atom. The molecule has 25 heavy (non-hydrogen) atoms. The molecule has 3 rings (SSSR count). The van der Waals surface area contributed by atoms with E-state index in [1.807, 2.05) is 30.4 Å². The van der Waals surface area contributed by atoms with Crippen LogP contribution in [0.4, 0.5) is 0 Å². The van der Waals surface area contributed by atoms with Gasteiger partial charge in [0.15, 0.2) is 5.96 Å². The van der Waals surface area contributed by atoms with E-state index in [4.69, 9.17) is 0 Å². The first-order chi connectivity index (χ1) is 12.3. The number of aliphatic imine (C=N–C) groups is 1. The molecular weight excluding hydrogens is 350 g/mol. The Hall–Kier alpha value is -0.790. The molecule has 5 nitrogen and oxygen atoms in total. The van der Waals surface area contributed by atoms with E-state index in [9.17, 15) is 0 Å². The van der Waals surface area contributed by atoms with Crippen LogP contribution in [0, 0.1) is 5.92 Å². The highest BCUT2D eigenvalue weighted by atomic mass is 32.2. The van der Waals surface area contributed by atoms with Crippen LogP contribution in [-0.4, -0.2) is 72.8 Å². The van der Waals surface area contributed by atoms with Gasteiger partial charge in [0.2, 0.25) is 0 Å². The number of rotatable bonds is 7. The van der Waals surface area contributed by atoms with E-state index in [1.54, 1.807) is 11.3 Å². The van der Waals surface area contributed by atoms with Crippen LogP contribution in [0.3, 0.4) is 0 Å². The fraction of sp³-hybridized carbons (Fsp3) is 0.778. The highest BCUT2D eigenvalue weighted by molar-refractivity contribution is 8.00. The van der Waals surface area contributed by atoms with Crippen LogP contribution < -0.4 is 5.32 Å². The number of thioether (sulfide) groups is 1. The minimum Gasteiger partial charge on any atom is -0.356 e. The van der Waals surface area contributed by atoms with Gasteiger partial charge < -0.3 is 15.1 Å². The third-order valence-corrected chi connectivity index (χ3v) is 7.05. The highest BCUT2D eigenvalue weighted by Gasteiger charge is 2.26. The Bertz CT molecular complexity index is 514. The number of piperidine rings is 1. The Labute approximate surface area is 160 Å². The van der Waals surface area contributed by atoms with Gasteiger partial charge in [0, 0.05) is 50.6 Å². The average molecular weight is 382 g/mol. The van der Waals surface area contributed by atoms with Gasteiger partial charge in [0.25, 0.3) is 0 Å². The SMILES string of the molecule is CN=C(NCCCSc1nccs1)N1CCC(CN2CCCCC2)C1. The van der Waals surface area contributed by atoms with E-state index in [1.165, 1.54) is 49.7 Å². The quantitative estimate of drug-likeness (QED) is 0.340. The molecule has 2 aliphatic rings. The Morgan fingerprint density at radius 3 is 3.00 bits per heavy atom. The molecular formula is C18H31N5S2. The largest absolute Gasteiger partial charge is 0.356 e. The Balaban J connectivity index is 1.32. The molecule has 2 fully saturated rings. The molecule has 0 aromatic carbocycles. The molecule has 2 aliphatic heterocycles. The highest BCUT2D eigenvalue weighted by Crippen LogP contribution is 2.21. The molecule has 2 saturated heterocycles. The van der Waals surface area contributed by atoms with Gasteiger partial charge in [0.1, 0.15) is 4.34 Å². The van der Waals surface area contributed by atoms with Crippen LogP contribution in [0.15, 0.2) is 20.9 Å². The fourth-order valence-electron chi connectivity index (χ4n) is 3.73. The van der Waals surface area contributed by atoms with Crippen LogP contribution in [0.25, 0.3) is 0 Å². The van der Waals surface area contributed by atoms with Gasteiger partial charge in [-0.05, 0) is 44.7 Å². The number of guanidine groups is 1. The van der Waals surface area contributed by atoms with Crippen molar-refractivity contribution in [1.82, 2.24) is 20.1 Å². The van der Waals surface area contributed by atoms with E-state index in [0.717, 1.165) is 43.7 Å². The number of hydrogen-bond donors (Lipinski definition) is 1. The maximum absolute atomic E-state index is 4.50. The van der Waals surface area contributed by atoms with Gasteiger partial charge in [-0.2, -0.15) is 0 Å². The van der Waals surface area contributed by atoms with Crippen molar-refractivity contribution in [2.75, 3.05) is 52.1 Å². The molecule has 3 heterocycles. The molecule has 0 saturated carbocycles. The van der Waals surface area contributed by atoms with Gasteiger partial charge in [-0.1, -0.05) is 18.2 Å². The smallest absolute Gasteiger partial charge is 0.193 e. The van der Waals surface area contributed by atoms with Crippen LogP contribution in [-0.2, 0) is 0 Å². The standard InChI is InChI=1S/C18H31N5S2/c1-19-17(20-7-5-12-24-18-21-8-13-25-18)23-11-6-16(15-23)14-22-9-3-2-4-10-22/h8,13,16H,2-7,9-12,14-15H2,1H3,(H,19,20). The summed E-state index contributed by atoms with van der Waals surface area (Å²) in [5.74, 6) is 2.99. The van der Waals surface area contributed by atoms with Gasteiger partial charge >= 0.3 is 0 Å². The number of nitrogens with one attached hydrogen (secondary N) is 1. The van der Waals surface area contributed by atoms with Crippen molar-refractivity contribution in [2.24, 2.45) is 10.9 Å². The van der Waals surface area contributed by atoms with E-state index >= 15 is 0 Å². The van der Waals surface area contributed by atoms with Crippen molar-refractivity contribution in [2.45, 2.75) is 36.4 Å². The van der Waals surface area contributed by atoms with Crippen molar-refractivity contribution < 1.29 is 0 Å². The molecule has 1 atom stereocenters. The molecule has 0 bridgehead atoms. The van der Waals surface area contributed by atoms with E-state index in [-0.39, 0.29) is 0 Å². The summed E-state index contributed by atoms with van der Waals surface area (Å²) >= 11 is 3.57. The molecule has 140 valence electrons. The fourth-order valence-corrected chi connectivity index (χ4v) is 5.37. The lowest BCUT2D eigenvalue weighted by Gasteiger charge is -2.29. The number of thiazole rings is 1. The lowest BCUT2D eigenvalue weighted by atomic mass is 10.1. The zero-order valence-electron chi connectivity index (χ0n) is 15.3. The number of nitrogens with zero attached hydrogens (tertiary/aromatic N) is 4. The number of likely N-dealkylation sites (tertiary alicyclic amines) is 2. The molecule has 0 aliphatic carbocycles. The summed E-state index contributed by atoms with van der Waals surface area (Å²) in [7, 11) is 1.91. The molecule has 7 heteroatoms. The summed E-state index contributed by atoms with van der Waals surface area (Å²) in [4.78, 5) is 13.9. The second kappa shape index (κ2) is 10.4. The van der Waals surface area contributed by atoms with Crippen LogP contribution >= 0.6 is 23.1 Å². The van der Waals surface area contributed by atoms with Crippen molar-refractivity contribution >= 4 is 29.1 Å². The normalized spacial score (nSPS) is 22.5. The molecule has 1 aromatic rings. The van der Waals surface area contributed by atoms with Crippen LogP contribution in [0.5, 0.6) is 0 Å². The predicted octanol–water partition coefficient (Wildman–Crippen LogP) is 3.01. The summed E-state index contributed by atoms with van der Waals surface area (Å²) in [5, 5.41) is 5.59. The summed E-state index contributed by atoms with van der Waals surface area (Å²) in [6.45, 7) is 7.17. The average Bonchev–Trinajstić information content (AvgIpc) is 3.31. The number of hydrogen-bond acceptors (Lipinski definition) is 5. The second-order valence-electron chi connectivity index (χ2n) is 6.94. The second-order valence-corrected chi connectivity index (χ2v) is 9.17. The third-order valence-electron chi connectivity index (χ3n) is 5.00. The molecule has 1 aromatic heterocycles. The zero-order chi connectivity index (χ0) is 17.3. The molecule has 0 spiro atoms. The van der Waals surface area contributed by atoms with E-state index in [0.29, 0.717) is 0 Å². The first-order valence-corrected chi connectivity index (χ1v) is 11.4. The Kier molecular flexibility index (Phi) is 7.88.